The van der Waals surface area contributed by atoms with Crippen LogP contribution < -0.4 is 0 Å². The van der Waals surface area contributed by atoms with E-state index in [4.69, 9.17) is 9.11 Å². The van der Waals surface area contributed by atoms with Crippen molar-refractivity contribution in [3.63, 3.8) is 0 Å². The van der Waals surface area contributed by atoms with Crippen LogP contribution in [0.5, 0.6) is 0 Å². The Bertz CT molecular complexity index is 357. The van der Waals surface area contributed by atoms with Crippen LogP contribution in [-0.4, -0.2) is 38.2 Å². The molecule has 0 heterocycles. The third kappa shape index (κ3) is 50.7. The van der Waals surface area contributed by atoms with Crippen LogP contribution in [0.1, 0.15) is 28.2 Å². The van der Waals surface area contributed by atoms with Gasteiger partial charge in [0, 0.05) is 6.42 Å². The van der Waals surface area contributed by atoms with E-state index in [9.17, 15) is 21.6 Å². The molecule has 10 heteroatoms. The first-order valence-electron chi connectivity index (χ1n) is 3.08. The lowest BCUT2D eigenvalue weighted by Gasteiger charge is -1.93. The van der Waals surface area contributed by atoms with Gasteiger partial charge in [0.2, 0.25) is 0 Å². The minimum Gasteiger partial charge on any atom is -0.325 e. The van der Waals surface area contributed by atoms with Gasteiger partial charge in [-0.25, -0.2) is 0 Å². The predicted molar refractivity (Wildman–Crippen MR) is 58.9 cm³/mol. The van der Waals surface area contributed by atoms with Crippen molar-refractivity contribution in [1.29, 1.82) is 0 Å². The summed E-state index contributed by atoms with van der Waals surface area (Å²) < 4.78 is 56.6. The Morgan fingerprint density at radius 2 is 1.38 bits per heavy atom. The fourth-order valence-corrected chi connectivity index (χ4v) is 0.529. The van der Waals surface area contributed by atoms with Gasteiger partial charge in [0.1, 0.15) is 0 Å². The molecule has 0 aromatic heterocycles. The standard InChI is InChI=1S/C3H6O5S.CH4O3S.2CH4/c1-2-3(4)8-9(5,6)7;1-5(2,3)4;;/h2H2,1H3,(H,5,6,7);1H3,(H,2,3,4);2*1H4. The van der Waals surface area contributed by atoms with Crippen molar-refractivity contribution in [2.24, 2.45) is 0 Å². The molecule has 0 saturated heterocycles. The highest BCUT2D eigenvalue weighted by molar-refractivity contribution is 7.85. The highest BCUT2D eigenvalue weighted by Gasteiger charge is 2.09. The molecule has 0 spiro atoms. The average molecular weight is 282 g/mol. The second kappa shape index (κ2) is 9.51. The number of hydrogen-bond acceptors (Lipinski definition) is 6. The van der Waals surface area contributed by atoms with E-state index < -0.39 is 26.5 Å². The molecule has 0 rings (SSSR count). The van der Waals surface area contributed by atoms with E-state index in [1.54, 1.807) is 0 Å². The largest absolute Gasteiger partial charge is 0.448 e. The van der Waals surface area contributed by atoms with Gasteiger partial charge in [-0.2, -0.15) is 16.8 Å². The van der Waals surface area contributed by atoms with Crippen LogP contribution in [0.4, 0.5) is 0 Å². The van der Waals surface area contributed by atoms with Gasteiger partial charge in [-0.1, -0.05) is 21.8 Å². The monoisotopic (exact) mass is 282 g/mol. The van der Waals surface area contributed by atoms with Crippen molar-refractivity contribution in [3.05, 3.63) is 0 Å². The minimum atomic E-state index is -4.58. The molecule has 0 bridgehead atoms. The van der Waals surface area contributed by atoms with Crippen LogP contribution in [0.2, 0.25) is 0 Å². The fourth-order valence-electron chi connectivity index (χ4n) is 0.176. The molecule has 16 heavy (non-hydrogen) atoms. The maximum Gasteiger partial charge on any atom is 0.448 e. The zero-order chi connectivity index (χ0) is 12.0. The summed E-state index contributed by atoms with van der Waals surface area (Å²) in [6, 6.07) is 0. The molecule has 102 valence electrons. The first-order valence-corrected chi connectivity index (χ1v) is 6.29. The van der Waals surface area contributed by atoms with Crippen molar-refractivity contribution >= 4 is 26.5 Å². The summed E-state index contributed by atoms with van der Waals surface area (Å²) in [6.07, 6.45) is 0.632. The van der Waals surface area contributed by atoms with Crippen LogP contribution in [-0.2, 0) is 29.5 Å². The maximum absolute atomic E-state index is 10.1. The Kier molecular flexibility index (Phi) is 14.6. The summed E-state index contributed by atoms with van der Waals surface area (Å²) in [6.45, 7) is 1.41. The summed E-state index contributed by atoms with van der Waals surface area (Å²) in [5.74, 6) is -0.975. The van der Waals surface area contributed by atoms with E-state index in [1.807, 2.05) is 0 Å². The van der Waals surface area contributed by atoms with E-state index >= 15 is 0 Å². The molecule has 0 aromatic rings. The van der Waals surface area contributed by atoms with E-state index in [0.717, 1.165) is 0 Å². The smallest absolute Gasteiger partial charge is 0.325 e. The molecule has 0 amide bonds. The molecule has 0 radical (unpaired) electrons. The lowest BCUT2D eigenvalue weighted by Crippen LogP contribution is -2.09. The van der Waals surface area contributed by atoms with Crippen LogP contribution in [0, 0.1) is 0 Å². The summed E-state index contributed by atoms with van der Waals surface area (Å²) in [4.78, 5) is 10.1. The molecule has 0 saturated carbocycles. The lowest BCUT2D eigenvalue weighted by atomic mass is 10.5. The van der Waals surface area contributed by atoms with Crippen LogP contribution in [0.3, 0.4) is 0 Å². The normalized spacial score (nSPS) is 9.75. The Morgan fingerprint density at radius 1 is 1.12 bits per heavy atom. The first-order chi connectivity index (χ1) is 5.95. The molecule has 0 aliphatic heterocycles. The Balaban J connectivity index is -0.0000000904. The summed E-state index contributed by atoms with van der Waals surface area (Å²) in [7, 11) is -8.25. The Hall–Kier alpha value is -0.710. The molecule has 2 N–H and O–H groups in total. The highest BCUT2D eigenvalue weighted by Crippen LogP contribution is 1.89. The Labute approximate surface area is 96.3 Å². The van der Waals surface area contributed by atoms with E-state index in [0.29, 0.717) is 6.26 Å². The molecule has 0 atom stereocenters. The first kappa shape index (κ1) is 24.5. The van der Waals surface area contributed by atoms with Crippen molar-refractivity contribution in [2.45, 2.75) is 28.2 Å². The second-order valence-corrected chi connectivity index (χ2v) is 4.46. The predicted octanol–water partition coefficient (Wildman–Crippen LogP) is 0.519. The van der Waals surface area contributed by atoms with Gasteiger partial charge in [-0.15, -0.1) is 0 Å². The summed E-state index contributed by atoms with van der Waals surface area (Å²) in [5, 5.41) is 0. The molecule has 0 aliphatic rings. The van der Waals surface area contributed by atoms with Crippen molar-refractivity contribution in [3.8, 4) is 0 Å². The minimum absolute atomic E-state index is 0. The number of carbonyl (C=O) groups excluding carboxylic acids is 1. The zero-order valence-corrected chi connectivity index (χ0v) is 9.00. The van der Waals surface area contributed by atoms with Gasteiger partial charge in [-0.05, 0) is 0 Å². The fraction of sp³-hybridized carbons (Fsp3) is 0.833. The van der Waals surface area contributed by atoms with Gasteiger partial charge in [0.15, 0.2) is 0 Å². The van der Waals surface area contributed by atoms with Crippen molar-refractivity contribution < 1.29 is 34.9 Å². The summed E-state index contributed by atoms with van der Waals surface area (Å²) >= 11 is 0. The quantitative estimate of drug-likeness (QED) is 0.699. The van der Waals surface area contributed by atoms with Crippen molar-refractivity contribution in [2.75, 3.05) is 6.26 Å². The SMILES string of the molecule is C.C.CCC(=O)OS(=O)(=O)O.CS(=O)(=O)O. The highest BCUT2D eigenvalue weighted by atomic mass is 32.3. The molecule has 0 aliphatic carbocycles. The third-order valence-corrected chi connectivity index (χ3v) is 0.883. The van der Waals surface area contributed by atoms with E-state index in [-0.39, 0.29) is 21.3 Å². The summed E-state index contributed by atoms with van der Waals surface area (Å²) in [5.41, 5.74) is 0. The average Bonchev–Trinajstić information content (AvgIpc) is 1.79. The number of rotatable bonds is 2. The molecular formula is C6H18O8S2. The molecule has 0 unspecified atom stereocenters. The molecular weight excluding hydrogens is 264 g/mol. The van der Waals surface area contributed by atoms with E-state index in [1.165, 1.54) is 6.92 Å². The van der Waals surface area contributed by atoms with E-state index in [2.05, 4.69) is 4.18 Å². The molecule has 0 fully saturated rings. The number of hydrogen-bond donors (Lipinski definition) is 2. The van der Waals surface area contributed by atoms with Gasteiger partial charge in [0.05, 0.1) is 6.26 Å². The van der Waals surface area contributed by atoms with Gasteiger partial charge in [0.25, 0.3) is 10.1 Å². The maximum atomic E-state index is 10.1. The van der Waals surface area contributed by atoms with Gasteiger partial charge in [-0.3, -0.25) is 13.9 Å². The lowest BCUT2D eigenvalue weighted by molar-refractivity contribution is -0.133. The van der Waals surface area contributed by atoms with Crippen LogP contribution in [0.25, 0.3) is 0 Å². The van der Waals surface area contributed by atoms with Crippen LogP contribution >= 0.6 is 0 Å². The molecule has 8 nitrogen and oxygen atoms in total. The topological polar surface area (TPSA) is 135 Å². The second-order valence-electron chi connectivity index (χ2n) is 1.97. The van der Waals surface area contributed by atoms with Crippen LogP contribution in [0.15, 0.2) is 0 Å². The molecule has 0 aromatic carbocycles. The van der Waals surface area contributed by atoms with Gasteiger partial charge >= 0.3 is 16.4 Å². The van der Waals surface area contributed by atoms with Crippen molar-refractivity contribution in [1.82, 2.24) is 0 Å². The number of carbonyl (C=O) groups is 1. The third-order valence-electron chi connectivity index (χ3n) is 0.487. The zero-order valence-electron chi connectivity index (χ0n) is 7.37. The van der Waals surface area contributed by atoms with Gasteiger partial charge < -0.3 is 4.18 Å². The Morgan fingerprint density at radius 3 is 1.44 bits per heavy atom.